The summed E-state index contributed by atoms with van der Waals surface area (Å²) in [6.07, 6.45) is 0.154. The van der Waals surface area contributed by atoms with Crippen LogP contribution in [0.1, 0.15) is 18.4 Å². The van der Waals surface area contributed by atoms with Gasteiger partial charge in [-0.15, -0.1) is 0 Å². The van der Waals surface area contributed by atoms with Crippen molar-refractivity contribution in [1.29, 1.82) is 0 Å². The maximum Gasteiger partial charge on any atom is 0.334 e. The van der Waals surface area contributed by atoms with Crippen LogP contribution in [0.5, 0.6) is 0 Å². The number of benzene rings is 1. The smallest absolute Gasteiger partial charge is 0.334 e. The average molecular weight is 396 g/mol. The molecule has 1 aromatic carbocycles. The molecule has 0 aromatic heterocycles. The van der Waals surface area contributed by atoms with E-state index in [1.54, 1.807) is 24.3 Å². The van der Waals surface area contributed by atoms with Crippen LogP contribution in [0.3, 0.4) is 0 Å². The van der Waals surface area contributed by atoms with E-state index >= 15 is 0 Å². The van der Waals surface area contributed by atoms with Crippen molar-refractivity contribution in [2.24, 2.45) is 5.92 Å². The molecule has 0 spiro atoms. The molecule has 0 saturated carbocycles. The summed E-state index contributed by atoms with van der Waals surface area (Å²) in [5.41, 5.74) is 0.973. The first-order valence-corrected chi connectivity index (χ1v) is 10.4. The number of carbonyl (C=O) groups excluding carboxylic acids is 1. The number of nitrogens with zero attached hydrogens (tertiary/aromatic N) is 2. The SMILES string of the molecule is Cc1ccc(S(=O)(=O)N2CCCC(C(=O)N3CCOC(C(=O)O)C3)C2)cc1. The molecule has 2 fully saturated rings. The molecule has 0 aliphatic carbocycles. The molecule has 8 nitrogen and oxygen atoms in total. The maximum absolute atomic E-state index is 12.9. The molecule has 1 amide bonds. The summed E-state index contributed by atoms with van der Waals surface area (Å²) in [5.74, 6) is -1.76. The van der Waals surface area contributed by atoms with Crippen LogP contribution in [-0.4, -0.2) is 73.5 Å². The third-order valence-corrected chi connectivity index (χ3v) is 6.93. The monoisotopic (exact) mass is 396 g/mol. The van der Waals surface area contributed by atoms with Gasteiger partial charge < -0.3 is 14.7 Å². The molecule has 3 rings (SSSR count). The molecule has 2 heterocycles. The molecule has 148 valence electrons. The van der Waals surface area contributed by atoms with Crippen molar-refractivity contribution < 1.29 is 27.9 Å². The highest BCUT2D eigenvalue weighted by Crippen LogP contribution is 2.26. The number of sulfonamides is 1. The van der Waals surface area contributed by atoms with Crippen molar-refractivity contribution in [2.75, 3.05) is 32.8 Å². The highest BCUT2D eigenvalue weighted by atomic mass is 32.2. The molecule has 2 aliphatic heterocycles. The summed E-state index contributed by atoms with van der Waals surface area (Å²) < 4.78 is 32.3. The summed E-state index contributed by atoms with van der Waals surface area (Å²) in [6, 6.07) is 6.66. The Kier molecular flexibility index (Phi) is 5.83. The molecule has 2 saturated heterocycles. The third-order valence-electron chi connectivity index (χ3n) is 5.05. The van der Waals surface area contributed by atoms with Crippen molar-refractivity contribution in [2.45, 2.75) is 30.8 Å². The lowest BCUT2D eigenvalue weighted by molar-refractivity contribution is -0.160. The second-order valence-corrected chi connectivity index (χ2v) is 8.94. The molecule has 2 unspecified atom stereocenters. The van der Waals surface area contributed by atoms with Crippen molar-refractivity contribution in [3.63, 3.8) is 0 Å². The van der Waals surface area contributed by atoms with Crippen molar-refractivity contribution in [1.82, 2.24) is 9.21 Å². The van der Waals surface area contributed by atoms with E-state index in [2.05, 4.69) is 0 Å². The van der Waals surface area contributed by atoms with Gasteiger partial charge in [-0.25, -0.2) is 13.2 Å². The van der Waals surface area contributed by atoms with Gasteiger partial charge >= 0.3 is 5.97 Å². The van der Waals surface area contributed by atoms with Crippen molar-refractivity contribution in [3.8, 4) is 0 Å². The van der Waals surface area contributed by atoms with E-state index in [0.717, 1.165) is 5.56 Å². The Hall–Kier alpha value is -1.97. The van der Waals surface area contributed by atoms with Gasteiger partial charge in [-0.1, -0.05) is 17.7 Å². The van der Waals surface area contributed by atoms with E-state index in [-0.39, 0.29) is 30.5 Å². The highest BCUT2D eigenvalue weighted by Gasteiger charge is 2.37. The largest absolute Gasteiger partial charge is 0.479 e. The third kappa shape index (κ3) is 4.31. The van der Waals surface area contributed by atoms with Crippen LogP contribution in [0.15, 0.2) is 29.2 Å². The number of hydrogen-bond acceptors (Lipinski definition) is 5. The normalized spacial score (nSPS) is 24.6. The lowest BCUT2D eigenvalue weighted by Crippen LogP contribution is -2.53. The number of carbonyl (C=O) groups is 2. The quantitative estimate of drug-likeness (QED) is 0.804. The van der Waals surface area contributed by atoms with Crippen LogP contribution in [0.2, 0.25) is 0 Å². The fourth-order valence-electron chi connectivity index (χ4n) is 3.48. The summed E-state index contributed by atoms with van der Waals surface area (Å²) in [7, 11) is -3.66. The number of morpholine rings is 1. The first-order chi connectivity index (χ1) is 12.8. The Morgan fingerprint density at radius 2 is 1.85 bits per heavy atom. The predicted octanol–water partition coefficient (Wildman–Crippen LogP) is 0.708. The molecule has 0 radical (unpaired) electrons. The molecule has 1 N–H and O–H groups in total. The van der Waals surface area contributed by atoms with Gasteiger partial charge in [-0.3, -0.25) is 4.79 Å². The Morgan fingerprint density at radius 3 is 2.52 bits per heavy atom. The van der Waals surface area contributed by atoms with E-state index in [9.17, 15) is 18.0 Å². The van der Waals surface area contributed by atoms with Gasteiger partial charge in [0.15, 0.2) is 6.10 Å². The number of amides is 1. The Morgan fingerprint density at radius 1 is 1.15 bits per heavy atom. The summed E-state index contributed by atoms with van der Waals surface area (Å²) in [4.78, 5) is 25.6. The van der Waals surface area contributed by atoms with Crippen molar-refractivity contribution >= 4 is 21.9 Å². The molecular weight excluding hydrogens is 372 g/mol. The molecule has 0 bridgehead atoms. The molecule has 9 heteroatoms. The Labute approximate surface area is 158 Å². The number of hydrogen-bond donors (Lipinski definition) is 1. The Bertz CT molecular complexity index is 808. The standard InChI is InChI=1S/C18H24N2O6S/c1-13-4-6-15(7-5-13)27(24,25)20-8-2-3-14(11-20)17(21)19-9-10-26-16(12-19)18(22)23/h4-7,14,16H,2-3,8-12H2,1H3,(H,22,23). The maximum atomic E-state index is 12.9. The van der Waals surface area contributed by atoms with Crippen LogP contribution in [0.4, 0.5) is 0 Å². The minimum absolute atomic E-state index is 0.00458. The summed E-state index contributed by atoms with van der Waals surface area (Å²) in [5, 5.41) is 9.09. The van der Waals surface area contributed by atoms with E-state index in [0.29, 0.717) is 25.9 Å². The number of ether oxygens (including phenoxy) is 1. The second kappa shape index (κ2) is 7.95. The van der Waals surface area contributed by atoms with Gasteiger partial charge in [-0.05, 0) is 31.9 Å². The number of piperidine rings is 1. The van der Waals surface area contributed by atoms with Gasteiger partial charge in [-0.2, -0.15) is 4.31 Å². The van der Waals surface area contributed by atoms with Gasteiger partial charge in [0.2, 0.25) is 15.9 Å². The molecule has 2 atom stereocenters. The van der Waals surface area contributed by atoms with Gasteiger partial charge in [0.1, 0.15) is 0 Å². The van der Waals surface area contributed by atoms with E-state index in [4.69, 9.17) is 9.84 Å². The van der Waals surface area contributed by atoms with Crippen molar-refractivity contribution in [3.05, 3.63) is 29.8 Å². The summed E-state index contributed by atoms with van der Waals surface area (Å²) >= 11 is 0. The van der Waals surface area contributed by atoms with Gasteiger partial charge in [0.25, 0.3) is 0 Å². The fourth-order valence-corrected chi connectivity index (χ4v) is 5.00. The van der Waals surface area contributed by atoms with E-state index in [1.807, 2.05) is 6.92 Å². The van der Waals surface area contributed by atoms with Crippen LogP contribution < -0.4 is 0 Å². The zero-order valence-corrected chi connectivity index (χ0v) is 16.0. The van der Waals surface area contributed by atoms with Crippen LogP contribution >= 0.6 is 0 Å². The van der Waals surface area contributed by atoms with E-state index < -0.39 is 28.0 Å². The predicted molar refractivity (Wildman–Crippen MR) is 96.6 cm³/mol. The topological polar surface area (TPSA) is 104 Å². The fraction of sp³-hybridized carbons (Fsp3) is 0.556. The van der Waals surface area contributed by atoms with Crippen LogP contribution in [0, 0.1) is 12.8 Å². The molecule has 2 aliphatic rings. The van der Waals surface area contributed by atoms with E-state index in [1.165, 1.54) is 9.21 Å². The Balaban J connectivity index is 1.71. The number of aryl methyl sites for hydroxylation is 1. The number of carboxylic acids is 1. The average Bonchev–Trinajstić information content (AvgIpc) is 2.68. The molecule has 1 aromatic rings. The lowest BCUT2D eigenvalue weighted by Gasteiger charge is -2.37. The van der Waals surface area contributed by atoms with Crippen LogP contribution in [-0.2, 0) is 24.3 Å². The summed E-state index contributed by atoms with van der Waals surface area (Å²) in [6.45, 7) is 2.86. The minimum Gasteiger partial charge on any atom is -0.479 e. The lowest BCUT2D eigenvalue weighted by atomic mass is 9.97. The van der Waals surface area contributed by atoms with Gasteiger partial charge in [0, 0.05) is 19.6 Å². The number of carboxylic acid groups (broad SMARTS) is 1. The number of aliphatic carboxylic acids is 1. The molecular formula is C18H24N2O6S. The minimum atomic E-state index is -3.66. The second-order valence-electron chi connectivity index (χ2n) is 7.00. The molecule has 27 heavy (non-hydrogen) atoms. The highest BCUT2D eigenvalue weighted by molar-refractivity contribution is 7.89. The van der Waals surface area contributed by atoms with Gasteiger partial charge in [0.05, 0.1) is 24.0 Å². The number of rotatable bonds is 4. The van der Waals surface area contributed by atoms with Crippen LogP contribution in [0.25, 0.3) is 0 Å². The zero-order chi connectivity index (χ0) is 19.6. The zero-order valence-electron chi connectivity index (χ0n) is 15.2. The first-order valence-electron chi connectivity index (χ1n) is 8.99. The first kappa shape index (κ1) is 19.8.